The van der Waals surface area contributed by atoms with Crippen LogP contribution in [0.2, 0.25) is 0 Å². The summed E-state index contributed by atoms with van der Waals surface area (Å²) in [5, 5.41) is 0. The van der Waals surface area contributed by atoms with Crippen LogP contribution in [0.4, 0.5) is 0 Å². The van der Waals surface area contributed by atoms with Gasteiger partial charge in [0.1, 0.15) is 12.2 Å². The molecule has 1 rings (SSSR count). The number of aliphatic imine (C=N–C) groups is 1. The number of hydrazine groups is 1. The van der Waals surface area contributed by atoms with Crippen molar-refractivity contribution in [2.24, 2.45) is 16.8 Å². The maximum atomic E-state index is 5.51. The van der Waals surface area contributed by atoms with Gasteiger partial charge >= 0.3 is 0 Å². The fourth-order valence-electron chi connectivity index (χ4n) is 1.88. The zero-order valence-corrected chi connectivity index (χ0v) is 11.1. The number of nitrogens with two attached hydrogens (primary N) is 1. The molecule has 3 N–H and O–H groups in total. The van der Waals surface area contributed by atoms with E-state index in [0.717, 1.165) is 19.6 Å². The summed E-state index contributed by atoms with van der Waals surface area (Å²) >= 11 is 0. The molecule has 0 amide bonds. The van der Waals surface area contributed by atoms with Crippen molar-refractivity contribution in [3.63, 3.8) is 0 Å². The van der Waals surface area contributed by atoms with E-state index in [0.29, 0.717) is 11.9 Å². The van der Waals surface area contributed by atoms with E-state index in [1.165, 1.54) is 0 Å². The van der Waals surface area contributed by atoms with Crippen LogP contribution in [0.15, 0.2) is 4.99 Å². The molecule has 0 aromatic rings. The Morgan fingerprint density at radius 3 is 2.24 bits per heavy atom. The Morgan fingerprint density at radius 1 is 1.35 bits per heavy atom. The number of hydrogen-bond acceptors (Lipinski definition) is 4. The summed E-state index contributed by atoms with van der Waals surface area (Å²) in [5.74, 6) is 6.73. The number of nitrogens with zero attached hydrogens (tertiary/aromatic N) is 2. The number of likely N-dealkylation sites (tertiary alicyclic amines) is 1. The minimum Gasteiger partial charge on any atom is -0.377 e. The van der Waals surface area contributed by atoms with E-state index >= 15 is 0 Å². The molecule has 0 aliphatic carbocycles. The molecule has 0 bridgehead atoms. The molecular weight excluding hydrogens is 220 g/mol. The molecule has 17 heavy (non-hydrogen) atoms. The monoisotopic (exact) mass is 244 g/mol. The molecule has 6 heteroatoms. The second kappa shape index (κ2) is 6.78. The Hall–Kier alpha value is -0.850. The van der Waals surface area contributed by atoms with E-state index in [4.69, 9.17) is 15.3 Å². The molecule has 0 radical (unpaired) electrons. The second-order valence-electron chi connectivity index (χ2n) is 4.66. The Morgan fingerprint density at radius 2 is 1.88 bits per heavy atom. The molecule has 1 aliphatic heterocycles. The molecule has 1 saturated heterocycles. The maximum absolute atomic E-state index is 5.51. The summed E-state index contributed by atoms with van der Waals surface area (Å²) in [5.41, 5.74) is 2.65. The summed E-state index contributed by atoms with van der Waals surface area (Å²) in [7, 11) is 3.39. The first-order valence-electron chi connectivity index (χ1n) is 5.94. The average molecular weight is 244 g/mol. The van der Waals surface area contributed by atoms with Crippen molar-refractivity contribution in [3.05, 3.63) is 0 Å². The highest BCUT2D eigenvalue weighted by atomic mass is 16.5. The third-order valence-electron chi connectivity index (χ3n) is 2.86. The van der Waals surface area contributed by atoms with Crippen molar-refractivity contribution >= 4 is 5.96 Å². The van der Waals surface area contributed by atoms with Crippen LogP contribution in [-0.2, 0) is 9.47 Å². The van der Waals surface area contributed by atoms with Crippen LogP contribution in [0.25, 0.3) is 0 Å². The lowest BCUT2D eigenvalue weighted by Crippen LogP contribution is -2.44. The fourth-order valence-corrected chi connectivity index (χ4v) is 1.88. The number of nitrogens with one attached hydrogen (secondary N) is 1. The lowest BCUT2D eigenvalue weighted by molar-refractivity contribution is -0.00461. The molecule has 1 heterocycles. The van der Waals surface area contributed by atoms with Crippen molar-refractivity contribution in [1.82, 2.24) is 10.3 Å². The van der Waals surface area contributed by atoms with Gasteiger partial charge in [-0.15, -0.1) is 0 Å². The molecule has 0 aromatic carbocycles. The number of guanidine groups is 1. The van der Waals surface area contributed by atoms with Crippen LogP contribution in [0.3, 0.4) is 0 Å². The SMILES string of the molecule is COC1CN(C(=NCC(C)C)NN)CC1OC. The molecule has 1 fully saturated rings. The topological polar surface area (TPSA) is 72.1 Å². The minimum atomic E-state index is 0.0672. The largest absolute Gasteiger partial charge is 0.377 e. The van der Waals surface area contributed by atoms with Gasteiger partial charge in [0.05, 0.1) is 0 Å². The lowest BCUT2D eigenvalue weighted by Gasteiger charge is -2.19. The first-order valence-corrected chi connectivity index (χ1v) is 5.94. The summed E-state index contributed by atoms with van der Waals surface area (Å²) in [6.07, 6.45) is 0.134. The van der Waals surface area contributed by atoms with E-state index in [9.17, 15) is 0 Å². The van der Waals surface area contributed by atoms with Gasteiger partial charge in [-0.2, -0.15) is 0 Å². The zero-order valence-electron chi connectivity index (χ0n) is 11.1. The molecule has 2 unspecified atom stereocenters. The van der Waals surface area contributed by atoms with Gasteiger partial charge in [-0.05, 0) is 5.92 Å². The number of hydrogen-bond donors (Lipinski definition) is 2. The van der Waals surface area contributed by atoms with Crippen LogP contribution in [0, 0.1) is 5.92 Å². The van der Waals surface area contributed by atoms with Gasteiger partial charge in [0.15, 0.2) is 0 Å². The Kier molecular flexibility index (Phi) is 5.67. The summed E-state index contributed by atoms with van der Waals surface area (Å²) < 4.78 is 10.7. The molecule has 0 aromatic heterocycles. The van der Waals surface area contributed by atoms with E-state index in [2.05, 4.69) is 29.2 Å². The van der Waals surface area contributed by atoms with Crippen molar-refractivity contribution in [1.29, 1.82) is 0 Å². The maximum Gasteiger partial charge on any atom is 0.208 e. The van der Waals surface area contributed by atoms with Gasteiger partial charge in [-0.3, -0.25) is 10.4 Å². The standard InChI is InChI=1S/C11H24N4O2/c1-8(2)5-13-11(14-12)15-6-9(16-3)10(7-15)17-4/h8-10H,5-7,12H2,1-4H3,(H,13,14). The summed E-state index contributed by atoms with van der Waals surface area (Å²) in [6.45, 7) is 6.49. The average Bonchev–Trinajstić information content (AvgIpc) is 2.72. The smallest absolute Gasteiger partial charge is 0.208 e. The molecule has 2 atom stereocenters. The zero-order chi connectivity index (χ0) is 12.8. The Bertz CT molecular complexity index is 246. The number of ether oxygens (including phenoxy) is 2. The molecule has 6 nitrogen and oxygen atoms in total. The van der Waals surface area contributed by atoms with Gasteiger partial charge < -0.3 is 14.4 Å². The lowest BCUT2D eigenvalue weighted by atomic mass is 10.2. The highest BCUT2D eigenvalue weighted by Gasteiger charge is 2.34. The Labute approximate surface area is 103 Å². The second-order valence-corrected chi connectivity index (χ2v) is 4.66. The normalized spacial score (nSPS) is 25.8. The van der Waals surface area contributed by atoms with E-state index in [1.54, 1.807) is 14.2 Å². The number of methoxy groups -OCH3 is 2. The van der Waals surface area contributed by atoms with Crippen LogP contribution in [-0.4, -0.2) is 56.9 Å². The quantitative estimate of drug-likeness (QED) is 0.310. The van der Waals surface area contributed by atoms with E-state index in [-0.39, 0.29) is 12.2 Å². The fraction of sp³-hybridized carbons (Fsp3) is 0.909. The molecular formula is C11H24N4O2. The Balaban J connectivity index is 2.62. The number of rotatable bonds is 4. The molecule has 100 valence electrons. The van der Waals surface area contributed by atoms with E-state index in [1.807, 2.05) is 0 Å². The highest BCUT2D eigenvalue weighted by Crippen LogP contribution is 2.15. The third kappa shape index (κ3) is 3.83. The van der Waals surface area contributed by atoms with Crippen molar-refractivity contribution < 1.29 is 9.47 Å². The van der Waals surface area contributed by atoms with Crippen LogP contribution < -0.4 is 11.3 Å². The van der Waals surface area contributed by atoms with Crippen LogP contribution in [0.1, 0.15) is 13.8 Å². The molecule has 0 saturated carbocycles. The third-order valence-corrected chi connectivity index (χ3v) is 2.86. The first kappa shape index (κ1) is 14.2. The van der Waals surface area contributed by atoms with Crippen LogP contribution >= 0.6 is 0 Å². The van der Waals surface area contributed by atoms with Gasteiger partial charge in [0.25, 0.3) is 0 Å². The van der Waals surface area contributed by atoms with Gasteiger partial charge in [0, 0.05) is 33.9 Å². The van der Waals surface area contributed by atoms with Crippen LogP contribution in [0.5, 0.6) is 0 Å². The van der Waals surface area contributed by atoms with Crippen molar-refractivity contribution in [2.75, 3.05) is 33.9 Å². The summed E-state index contributed by atoms with van der Waals surface area (Å²) in [4.78, 5) is 6.52. The van der Waals surface area contributed by atoms with Gasteiger partial charge in [-0.1, -0.05) is 13.8 Å². The highest BCUT2D eigenvalue weighted by molar-refractivity contribution is 5.79. The minimum absolute atomic E-state index is 0.0672. The van der Waals surface area contributed by atoms with E-state index < -0.39 is 0 Å². The molecule has 0 spiro atoms. The predicted molar refractivity (Wildman–Crippen MR) is 67.6 cm³/mol. The summed E-state index contributed by atoms with van der Waals surface area (Å²) in [6, 6.07) is 0. The van der Waals surface area contributed by atoms with Gasteiger partial charge in [0.2, 0.25) is 5.96 Å². The van der Waals surface area contributed by atoms with Crippen molar-refractivity contribution in [2.45, 2.75) is 26.1 Å². The first-order chi connectivity index (χ1) is 8.12. The van der Waals surface area contributed by atoms with Gasteiger partial charge in [-0.25, -0.2) is 5.84 Å². The predicted octanol–water partition coefficient (Wildman–Crippen LogP) is -0.193. The van der Waals surface area contributed by atoms with Crippen molar-refractivity contribution in [3.8, 4) is 0 Å². The molecule has 1 aliphatic rings.